The van der Waals surface area contributed by atoms with Gasteiger partial charge in [0.2, 0.25) is 5.88 Å². The molecular formula is C10H8F2N2O3. The summed E-state index contributed by atoms with van der Waals surface area (Å²) in [6.45, 7) is 0. The molecule has 0 aliphatic heterocycles. The second-order valence-corrected chi connectivity index (χ2v) is 3.07. The molecule has 1 aromatic heterocycles. The van der Waals surface area contributed by atoms with Crippen LogP contribution in [0.4, 0.5) is 8.78 Å². The largest absolute Gasteiger partial charge is 0.481 e. The van der Waals surface area contributed by atoms with Crippen LogP contribution in [0, 0.1) is 11.3 Å². The maximum atomic E-state index is 12.5. The number of hydrogen-bond acceptors (Lipinski definition) is 4. The third-order valence-electron chi connectivity index (χ3n) is 1.95. The Labute approximate surface area is 95.3 Å². The van der Waals surface area contributed by atoms with E-state index in [9.17, 15) is 13.6 Å². The van der Waals surface area contributed by atoms with Crippen LogP contribution in [0.1, 0.15) is 23.2 Å². The summed E-state index contributed by atoms with van der Waals surface area (Å²) in [7, 11) is 1.19. The van der Waals surface area contributed by atoms with Crippen LogP contribution in [0.25, 0.3) is 0 Å². The molecule has 0 radical (unpaired) electrons. The van der Waals surface area contributed by atoms with Crippen molar-refractivity contribution < 1.29 is 23.4 Å². The van der Waals surface area contributed by atoms with Gasteiger partial charge in [0.15, 0.2) is 0 Å². The van der Waals surface area contributed by atoms with Crippen LogP contribution in [0.3, 0.4) is 0 Å². The topological polar surface area (TPSA) is 83.2 Å². The third kappa shape index (κ3) is 2.87. The SMILES string of the molecule is COc1nc(C(F)F)c(C#N)cc1CC(=O)O. The van der Waals surface area contributed by atoms with Crippen LogP contribution in [0.2, 0.25) is 0 Å². The number of pyridine rings is 1. The lowest BCUT2D eigenvalue weighted by Crippen LogP contribution is -2.07. The highest BCUT2D eigenvalue weighted by Gasteiger charge is 2.20. The lowest BCUT2D eigenvalue weighted by molar-refractivity contribution is -0.136. The van der Waals surface area contributed by atoms with E-state index < -0.39 is 24.5 Å². The van der Waals surface area contributed by atoms with Gasteiger partial charge in [-0.25, -0.2) is 13.8 Å². The molecule has 5 nitrogen and oxygen atoms in total. The predicted molar refractivity (Wildman–Crippen MR) is 51.8 cm³/mol. The molecule has 0 amide bonds. The Balaban J connectivity index is 3.33. The van der Waals surface area contributed by atoms with Crippen LogP contribution in [-0.4, -0.2) is 23.2 Å². The summed E-state index contributed by atoms with van der Waals surface area (Å²) >= 11 is 0. The fourth-order valence-corrected chi connectivity index (χ4v) is 1.27. The second kappa shape index (κ2) is 5.21. The van der Waals surface area contributed by atoms with Crippen molar-refractivity contribution in [3.63, 3.8) is 0 Å². The van der Waals surface area contributed by atoms with E-state index in [-0.39, 0.29) is 17.0 Å². The molecule has 0 spiro atoms. The lowest BCUT2D eigenvalue weighted by atomic mass is 10.1. The zero-order chi connectivity index (χ0) is 13.0. The third-order valence-corrected chi connectivity index (χ3v) is 1.95. The molecule has 90 valence electrons. The molecule has 0 atom stereocenters. The van der Waals surface area contributed by atoms with Gasteiger partial charge in [-0.2, -0.15) is 5.26 Å². The number of methoxy groups -OCH3 is 1. The van der Waals surface area contributed by atoms with Crippen LogP contribution < -0.4 is 4.74 Å². The number of carboxylic acids is 1. The molecule has 0 aliphatic carbocycles. The number of halogens is 2. The Morgan fingerprint density at radius 3 is 2.76 bits per heavy atom. The van der Waals surface area contributed by atoms with E-state index in [1.807, 2.05) is 0 Å². The number of alkyl halides is 2. The van der Waals surface area contributed by atoms with E-state index >= 15 is 0 Å². The molecule has 1 rings (SSSR count). The minimum Gasteiger partial charge on any atom is -0.481 e. The molecule has 0 bridgehead atoms. The fraction of sp³-hybridized carbons (Fsp3) is 0.300. The molecule has 0 fully saturated rings. The number of aromatic nitrogens is 1. The van der Waals surface area contributed by atoms with Gasteiger partial charge in [-0.1, -0.05) is 0 Å². The first kappa shape index (κ1) is 12.8. The van der Waals surface area contributed by atoms with Gasteiger partial charge in [0.05, 0.1) is 19.1 Å². The summed E-state index contributed by atoms with van der Waals surface area (Å²) in [5, 5.41) is 17.3. The number of ether oxygens (including phenoxy) is 1. The predicted octanol–water partition coefficient (Wildman–Crippen LogP) is 1.53. The Morgan fingerprint density at radius 2 is 2.35 bits per heavy atom. The normalized spacial score (nSPS) is 10.1. The molecule has 7 heteroatoms. The fourth-order valence-electron chi connectivity index (χ4n) is 1.27. The van der Waals surface area contributed by atoms with Gasteiger partial charge in [-0.05, 0) is 6.07 Å². The molecule has 0 aromatic carbocycles. The van der Waals surface area contributed by atoms with Gasteiger partial charge in [0.1, 0.15) is 11.8 Å². The van der Waals surface area contributed by atoms with E-state index in [0.717, 1.165) is 6.07 Å². The molecule has 1 aromatic rings. The molecule has 0 saturated heterocycles. The second-order valence-electron chi connectivity index (χ2n) is 3.07. The number of nitriles is 1. The summed E-state index contributed by atoms with van der Waals surface area (Å²) in [6, 6.07) is 2.61. The highest BCUT2D eigenvalue weighted by Crippen LogP contribution is 2.26. The average molecular weight is 242 g/mol. The molecule has 0 unspecified atom stereocenters. The van der Waals surface area contributed by atoms with Gasteiger partial charge in [0, 0.05) is 5.56 Å². The van der Waals surface area contributed by atoms with Crippen molar-refractivity contribution in [3.8, 4) is 11.9 Å². The monoisotopic (exact) mass is 242 g/mol. The lowest BCUT2D eigenvalue weighted by Gasteiger charge is -2.09. The van der Waals surface area contributed by atoms with Crippen LogP contribution in [-0.2, 0) is 11.2 Å². The van der Waals surface area contributed by atoms with E-state index in [4.69, 9.17) is 15.1 Å². The zero-order valence-corrected chi connectivity index (χ0v) is 8.78. The summed E-state index contributed by atoms with van der Waals surface area (Å²) in [5.74, 6) is -1.37. The number of carbonyl (C=O) groups is 1. The van der Waals surface area contributed by atoms with Crippen molar-refractivity contribution in [3.05, 3.63) is 22.9 Å². The van der Waals surface area contributed by atoms with E-state index in [1.54, 1.807) is 6.07 Å². The van der Waals surface area contributed by atoms with Gasteiger partial charge >= 0.3 is 5.97 Å². The van der Waals surface area contributed by atoms with Crippen LogP contribution >= 0.6 is 0 Å². The van der Waals surface area contributed by atoms with Crippen molar-refractivity contribution in [2.24, 2.45) is 0 Å². The minimum atomic E-state index is -2.92. The van der Waals surface area contributed by atoms with Crippen molar-refractivity contribution in [1.29, 1.82) is 5.26 Å². The van der Waals surface area contributed by atoms with E-state index in [0.29, 0.717) is 0 Å². The first-order valence-electron chi connectivity index (χ1n) is 4.47. The molecule has 0 aliphatic rings. The number of carboxylic acid groups (broad SMARTS) is 1. The molecule has 1 N–H and O–H groups in total. The van der Waals surface area contributed by atoms with E-state index in [2.05, 4.69) is 4.98 Å². The van der Waals surface area contributed by atoms with Crippen molar-refractivity contribution in [1.82, 2.24) is 4.98 Å². The molecule has 17 heavy (non-hydrogen) atoms. The van der Waals surface area contributed by atoms with Crippen molar-refractivity contribution in [2.45, 2.75) is 12.8 Å². The Hall–Kier alpha value is -2.23. The van der Waals surface area contributed by atoms with Gasteiger partial charge in [-0.15, -0.1) is 0 Å². The van der Waals surface area contributed by atoms with E-state index in [1.165, 1.54) is 7.11 Å². The standard InChI is InChI=1S/C10H8F2N2O3/c1-17-10-5(3-7(15)16)2-6(4-13)8(14-10)9(11)12/h2,9H,3H2,1H3,(H,15,16). The smallest absolute Gasteiger partial charge is 0.308 e. The summed E-state index contributed by atoms with van der Waals surface area (Å²) in [5.41, 5.74) is -0.975. The Bertz CT molecular complexity index is 483. The molecule has 1 heterocycles. The van der Waals surface area contributed by atoms with Crippen LogP contribution in [0.5, 0.6) is 5.88 Å². The zero-order valence-electron chi connectivity index (χ0n) is 8.78. The summed E-state index contributed by atoms with van der Waals surface area (Å²) in [4.78, 5) is 14.0. The minimum absolute atomic E-state index is 0.0842. The molecule has 0 saturated carbocycles. The Kier molecular flexibility index (Phi) is 3.93. The maximum Gasteiger partial charge on any atom is 0.308 e. The number of nitrogens with zero attached hydrogens (tertiary/aromatic N) is 2. The van der Waals surface area contributed by atoms with Crippen molar-refractivity contribution in [2.75, 3.05) is 7.11 Å². The van der Waals surface area contributed by atoms with Crippen LogP contribution in [0.15, 0.2) is 6.07 Å². The van der Waals surface area contributed by atoms with Gasteiger partial charge in [-0.3, -0.25) is 4.79 Å². The van der Waals surface area contributed by atoms with Gasteiger partial charge in [0.25, 0.3) is 6.43 Å². The quantitative estimate of drug-likeness (QED) is 0.865. The molecular weight excluding hydrogens is 234 g/mol. The number of aliphatic carboxylic acids is 1. The number of hydrogen-bond donors (Lipinski definition) is 1. The number of rotatable bonds is 4. The average Bonchev–Trinajstić information content (AvgIpc) is 2.27. The maximum absolute atomic E-state index is 12.5. The summed E-state index contributed by atoms with van der Waals surface area (Å²) in [6.07, 6.45) is -3.37. The highest BCUT2D eigenvalue weighted by atomic mass is 19.3. The van der Waals surface area contributed by atoms with Gasteiger partial charge < -0.3 is 9.84 Å². The van der Waals surface area contributed by atoms with Crippen molar-refractivity contribution >= 4 is 5.97 Å². The first-order valence-corrected chi connectivity index (χ1v) is 4.47. The first-order chi connectivity index (χ1) is 7.99. The highest BCUT2D eigenvalue weighted by molar-refractivity contribution is 5.71. The summed E-state index contributed by atoms with van der Waals surface area (Å²) < 4.78 is 29.8. The Morgan fingerprint density at radius 1 is 1.71 bits per heavy atom.